The number of carbonyl (C=O) groups excluding carboxylic acids is 1. The number of nitrogens with two attached hydrogens (primary N) is 1. The summed E-state index contributed by atoms with van der Waals surface area (Å²) >= 11 is 0. The predicted molar refractivity (Wildman–Crippen MR) is 127 cm³/mol. The zero-order chi connectivity index (χ0) is 22.6. The Balaban J connectivity index is 1.81. The van der Waals surface area contributed by atoms with Gasteiger partial charge in [-0.1, -0.05) is 20.4 Å². The molecular formula is C23H35N7O. The van der Waals surface area contributed by atoms with E-state index in [9.17, 15) is 4.79 Å². The summed E-state index contributed by atoms with van der Waals surface area (Å²) in [5, 5.41) is 6.50. The quantitative estimate of drug-likeness (QED) is 0.621. The van der Waals surface area contributed by atoms with Crippen molar-refractivity contribution >= 4 is 23.2 Å². The van der Waals surface area contributed by atoms with Crippen molar-refractivity contribution in [2.75, 3.05) is 36.4 Å². The molecule has 0 aromatic carbocycles. The summed E-state index contributed by atoms with van der Waals surface area (Å²) in [6.45, 7) is 15.9. The standard InChI is InChI=1S/C23H35N7O/c1-6-17(7-2)30-21(19(14-24)23(4,5)22(30)31)28-16(3)27-20-9-8-18(15-26-20)29-12-10-25-11-13-29/h8-9,14-15,17,25H,3,6-7,10-13,24H2,1-2,4-5H3,(H,26,27)/b19-14+,28-21+. The predicted octanol–water partition coefficient (Wildman–Crippen LogP) is 2.67. The summed E-state index contributed by atoms with van der Waals surface area (Å²) in [4.78, 5) is 26.5. The average Bonchev–Trinajstić information content (AvgIpc) is 2.95. The number of piperazine rings is 1. The summed E-state index contributed by atoms with van der Waals surface area (Å²) in [6.07, 6.45) is 5.03. The number of amides is 1. The molecular weight excluding hydrogens is 390 g/mol. The molecule has 3 rings (SSSR count). The highest BCUT2D eigenvalue weighted by molar-refractivity contribution is 6.19. The van der Waals surface area contributed by atoms with Gasteiger partial charge in [0, 0.05) is 44.0 Å². The number of hydrogen-bond acceptors (Lipinski definition) is 7. The number of hydrogen-bond donors (Lipinski definition) is 3. The topological polar surface area (TPSA) is 98.9 Å². The van der Waals surface area contributed by atoms with Crippen molar-refractivity contribution in [3.05, 3.63) is 42.5 Å². The van der Waals surface area contributed by atoms with Crippen molar-refractivity contribution in [1.29, 1.82) is 0 Å². The number of anilines is 2. The Morgan fingerprint density at radius 1 is 1.35 bits per heavy atom. The van der Waals surface area contributed by atoms with Crippen LogP contribution >= 0.6 is 0 Å². The molecule has 3 heterocycles. The second-order valence-corrected chi connectivity index (χ2v) is 8.50. The Morgan fingerprint density at radius 3 is 2.58 bits per heavy atom. The number of likely N-dealkylation sites (tertiary alicyclic amines) is 1. The van der Waals surface area contributed by atoms with Gasteiger partial charge in [0.1, 0.15) is 17.5 Å². The fourth-order valence-corrected chi connectivity index (χ4v) is 4.19. The van der Waals surface area contributed by atoms with E-state index in [1.165, 1.54) is 6.20 Å². The lowest BCUT2D eigenvalue weighted by Gasteiger charge is -2.29. The van der Waals surface area contributed by atoms with Crippen molar-refractivity contribution < 1.29 is 4.79 Å². The largest absolute Gasteiger partial charge is 0.404 e. The van der Waals surface area contributed by atoms with E-state index in [0.717, 1.165) is 50.3 Å². The van der Waals surface area contributed by atoms with E-state index < -0.39 is 5.41 Å². The molecule has 0 atom stereocenters. The number of nitrogens with zero attached hydrogens (tertiary/aromatic N) is 4. The minimum Gasteiger partial charge on any atom is -0.404 e. The van der Waals surface area contributed by atoms with Crippen molar-refractivity contribution in [1.82, 2.24) is 15.2 Å². The first-order valence-corrected chi connectivity index (χ1v) is 11.1. The van der Waals surface area contributed by atoms with E-state index in [0.29, 0.717) is 17.5 Å². The van der Waals surface area contributed by atoms with Crippen LogP contribution in [0.1, 0.15) is 40.5 Å². The van der Waals surface area contributed by atoms with E-state index in [-0.39, 0.29) is 11.9 Å². The zero-order valence-electron chi connectivity index (χ0n) is 19.1. The van der Waals surface area contributed by atoms with Gasteiger partial charge in [-0.15, -0.1) is 0 Å². The molecule has 1 aromatic heterocycles. The summed E-state index contributed by atoms with van der Waals surface area (Å²) in [6, 6.07) is 4.03. The van der Waals surface area contributed by atoms with Crippen LogP contribution in [-0.2, 0) is 4.79 Å². The Labute approximate surface area is 185 Å². The molecule has 2 aliphatic heterocycles. The molecule has 0 spiro atoms. The molecule has 31 heavy (non-hydrogen) atoms. The number of aromatic nitrogens is 1. The van der Waals surface area contributed by atoms with Crippen LogP contribution in [0.25, 0.3) is 0 Å². The smallest absolute Gasteiger partial charge is 0.238 e. The first-order valence-electron chi connectivity index (χ1n) is 11.1. The van der Waals surface area contributed by atoms with Gasteiger partial charge in [0.15, 0.2) is 0 Å². The van der Waals surface area contributed by atoms with E-state index in [2.05, 4.69) is 45.9 Å². The highest BCUT2D eigenvalue weighted by Gasteiger charge is 2.49. The van der Waals surface area contributed by atoms with Crippen LogP contribution in [0.2, 0.25) is 0 Å². The van der Waals surface area contributed by atoms with Crippen LogP contribution in [-0.4, -0.2) is 53.8 Å². The lowest BCUT2D eigenvalue weighted by atomic mass is 9.87. The normalized spacial score (nSPS) is 21.4. The zero-order valence-corrected chi connectivity index (χ0v) is 19.1. The van der Waals surface area contributed by atoms with Crippen molar-refractivity contribution in [3.63, 3.8) is 0 Å². The third kappa shape index (κ3) is 4.58. The van der Waals surface area contributed by atoms with E-state index in [1.54, 1.807) is 4.90 Å². The number of pyridine rings is 1. The fourth-order valence-electron chi connectivity index (χ4n) is 4.19. The van der Waals surface area contributed by atoms with Crippen LogP contribution in [0.15, 0.2) is 47.5 Å². The number of aliphatic imine (C=N–C) groups is 1. The van der Waals surface area contributed by atoms with Gasteiger partial charge < -0.3 is 21.3 Å². The highest BCUT2D eigenvalue weighted by Crippen LogP contribution is 2.39. The van der Waals surface area contributed by atoms with Gasteiger partial charge in [-0.3, -0.25) is 9.69 Å². The molecule has 8 heteroatoms. The lowest BCUT2D eigenvalue weighted by Crippen LogP contribution is -2.43. The second kappa shape index (κ2) is 9.51. The number of rotatable bonds is 7. The number of amidine groups is 1. The first kappa shape index (κ1) is 22.8. The van der Waals surface area contributed by atoms with Crippen LogP contribution in [0.5, 0.6) is 0 Å². The summed E-state index contributed by atoms with van der Waals surface area (Å²) < 4.78 is 0. The molecule has 0 unspecified atom stereocenters. The van der Waals surface area contributed by atoms with Gasteiger partial charge in [0.05, 0.1) is 17.3 Å². The van der Waals surface area contributed by atoms with Crippen LogP contribution in [0.3, 0.4) is 0 Å². The van der Waals surface area contributed by atoms with Gasteiger partial charge >= 0.3 is 0 Å². The molecule has 1 amide bonds. The third-order valence-electron chi connectivity index (χ3n) is 6.11. The van der Waals surface area contributed by atoms with Gasteiger partial charge in [-0.2, -0.15) is 0 Å². The highest BCUT2D eigenvalue weighted by atomic mass is 16.2. The Hall–Kier alpha value is -2.87. The number of nitrogens with one attached hydrogen (secondary N) is 2. The molecule has 1 aromatic rings. The van der Waals surface area contributed by atoms with Crippen molar-refractivity contribution in [3.8, 4) is 0 Å². The maximum atomic E-state index is 13.2. The van der Waals surface area contributed by atoms with Gasteiger partial charge in [0.25, 0.3) is 0 Å². The fraction of sp³-hybridized carbons (Fsp3) is 0.522. The molecule has 0 bridgehead atoms. The molecule has 8 nitrogen and oxygen atoms in total. The summed E-state index contributed by atoms with van der Waals surface area (Å²) in [7, 11) is 0. The van der Waals surface area contributed by atoms with Gasteiger partial charge in [-0.25, -0.2) is 9.98 Å². The molecule has 2 fully saturated rings. The molecule has 0 aliphatic carbocycles. The molecule has 2 saturated heterocycles. The van der Waals surface area contributed by atoms with E-state index in [4.69, 9.17) is 5.73 Å². The van der Waals surface area contributed by atoms with Crippen molar-refractivity contribution in [2.45, 2.75) is 46.6 Å². The van der Waals surface area contributed by atoms with E-state index in [1.807, 2.05) is 32.2 Å². The maximum Gasteiger partial charge on any atom is 0.238 e. The lowest BCUT2D eigenvalue weighted by molar-refractivity contribution is -0.133. The van der Waals surface area contributed by atoms with E-state index >= 15 is 0 Å². The Kier molecular flexibility index (Phi) is 7.00. The van der Waals surface area contributed by atoms with Gasteiger partial charge in [-0.05, 0) is 38.8 Å². The Bertz CT molecular complexity index is 862. The minimum atomic E-state index is -0.723. The SMILES string of the molecule is C=C(/N=C1\C(=C/N)C(C)(C)C(=O)N1C(CC)CC)Nc1ccc(N2CCNCC2)cn1. The molecule has 168 valence electrons. The minimum absolute atomic E-state index is 0.0166. The molecule has 4 N–H and O–H groups in total. The van der Waals surface area contributed by atoms with Crippen LogP contribution < -0.4 is 21.3 Å². The number of carbonyl (C=O) groups is 1. The Morgan fingerprint density at radius 2 is 2.03 bits per heavy atom. The molecule has 0 saturated carbocycles. The second-order valence-electron chi connectivity index (χ2n) is 8.50. The van der Waals surface area contributed by atoms with Crippen molar-refractivity contribution in [2.24, 2.45) is 16.1 Å². The molecule has 2 aliphatic rings. The summed E-state index contributed by atoms with van der Waals surface area (Å²) in [5.41, 5.74) is 7.02. The van der Waals surface area contributed by atoms with Crippen LogP contribution in [0.4, 0.5) is 11.5 Å². The first-order chi connectivity index (χ1) is 14.8. The summed E-state index contributed by atoms with van der Waals surface area (Å²) in [5.74, 6) is 1.66. The maximum absolute atomic E-state index is 13.2. The van der Waals surface area contributed by atoms with Crippen LogP contribution in [0, 0.1) is 5.41 Å². The van der Waals surface area contributed by atoms with Gasteiger partial charge in [0.2, 0.25) is 5.91 Å². The third-order valence-corrected chi connectivity index (χ3v) is 6.11. The average molecular weight is 426 g/mol. The monoisotopic (exact) mass is 425 g/mol. The molecule has 0 radical (unpaired) electrons.